The molecule has 0 fully saturated rings. The molecule has 0 heterocycles. The van der Waals surface area contributed by atoms with Gasteiger partial charge in [-0.2, -0.15) is 0 Å². The summed E-state index contributed by atoms with van der Waals surface area (Å²) in [7, 11) is 0. The number of benzene rings is 1. The van der Waals surface area contributed by atoms with Gasteiger partial charge < -0.3 is 5.73 Å². The zero-order valence-electron chi connectivity index (χ0n) is 13.6. The van der Waals surface area contributed by atoms with Crippen molar-refractivity contribution in [2.45, 2.75) is 84.5 Å². The summed E-state index contributed by atoms with van der Waals surface area (Å²) in [6.45, 7) is 4.42. The maximum Gasteiger partial charge on any atom is 0.0346 e. The van der Waals surface area contributed by atoms with E-state index in [1.54, 1.807) is 0 Å². The van der Waals surface area contributed by atoms with Crippen molar-refractivity contribution in [3.05, 3.63) is 29.3 Å². The topological polar surface area (TPSA) is 26.0 Å². The maximum absolute atomic E-state index is 5.94. The summed E-state index contributed by atoms with van der Waals surface area (Å²) in [5, 5.41) is 0. The van der Waals surface area contributed by atoms with Gasteiger partial charge in [0.1, 0.15) is 0 Å². The van der Waals surface area contributed by atoms with Gasteiger partial charge in [0.2, 0.25) is 0 Å². The van der Waals surface area contributed by atoms with Crippen molar-refractivity contribution in [3.63, 3.8) is 0 Å². The molecule has 0 aliphatic rings. The summed E-state index contributed by atoms with van der Waals surface area (Å²) in [6, 6.07) is 6.30. The molecule has 0 radical (unpaired) electrons. The fourth-order valence-electron chi connectivity index (χ4n) is 2.78. The average Bonchev–Trinajstić information content (AvgIpc) is 2.45. The number of nitrogens with two attached hydrogens (primary N) is 1. The van der Waals surface area contributed by atoms with E-state index in [1.165, 1.54) is 81.8 Å². The molecule has 0 atom stereocenters. The zero-order valence-corrected chi connectivity index (χ0v) is 13.6. The molecule has 0 bridgehead atoms. The third-order valence-corrected chi connectivity index (χ3v) is 4.29. The second kappa shape index (κ2) is 10.8. The van der Waals surface area contributed by atoms with Gasteiger partial charge in [-0.1, -0.05) is 76.8 Å². The molecule has 1 heteroatoms. The van der Waals surface area contributed by atoms with E-state index in [2.05, 4.69) is 26.0 Å². The smallest absolute Gasteiger partial charge is 0.0346 e. The van der Waals surface area contributed by atoms with Gasteiger partial charge in [0.25, 0.3) is 0 Å². The Morgan fingerprint density at radius 3 is 1.95 bits per heavy atom. The van der Waals surface area contributed by atoms with Crippen LogP contribution in [0, 0.1) is 6.92 Å². The highest BCUT2D eigenvalue weighted by Gasteiger charge is 2.00. The van der Waals surface area contributed by atoms with Crippen LogP contribution in [-0.2, 0) is 6.42 Å². The molecule has 20 heavy (non-hydrogen) atoms. The van der Waals surface area contributed by atoms with Crippen molar-refractivity contribution in [2.75, 3.05) is 5.73 Å². The largest absolute Gasteiger partial charge is 0.399 e. The molecule has 0 aliphatic heterocycles. The number of hydrogen-bond donors (Lipinski definition) is 1. The van der Waals surface area contributed by atoms with Crippen molar-refractivity contribution in [1.29, 1.82) is 0 Å². The number of rotatable bonds is 11. The van der Waals surface area contributed by atoms with Crippen LogP contribution < -0.4 is 5.73 Å². The molecule has 1 aromatic rings. The van der Waals surface area contributed by atoms with Crippen LogP contribution in [0.2, 0.25) is 0 Å². The Labute approximate surface area is 126 Å². The van der Waals surface area contributed by atoms with Crippen LogP contribution in [0.3, 0.4) is 0 Å². The average molecular weight is 275 g/mol. The molecular formula is C19H33N. The van der Waals surface area contributed by atoms with E-state index in [-0.39, 0.29) is 0 Å². The Bertz CT molecular complexity index is 357. The van der Waals surface area contributed by atoms with Crippen LogP contribution in [0.4, 0.5) is 5.69 Å². The van der Waals surface area contributed by atoms with Gasteiger partial charge in [0, 0.05) is 5.69 Å². The van der Waals surface area contributed by atoms with Gasteiger partial charge in [-0.3, -0.25) is 0 Å². The Morgan fingerprint density at radius 2 is 1.35 bits per heavy atom. The summed E-state index contributed by atoms with van der Waals surface area (Å²) in [5.41, 5.74) is 9.60. The summed E-state index contributed by atoms with van der Waals surface area (Å²) < 4.78 is 0. The van der Waals surface area contributed by atoms with E-state index in [0.717, 1.165) is 5.69 Å². The highest BCUT2D eigenvalue weighted by Crippen LogP contribution is 2.18. The SMILES string of the molecule is CCCCCCCCCCCCc1cccc(N)c1C. The van der Waals surface area contributed by atoms with E-state index in [0.29, 0.717) is 0 Å². The predicted octanol–water partition coefficient (Wildman–Crippen LogP) is 6.04. The van der Waals surface area contributed by atoms with Crippen molar-refractivity contribution >= 4 is 5.69 Å². The maximum atomic E-state index is 5.94. The first-order valence-electron chi connectivity index (χ1n) is 8.59. The minimum atomic E-state index is 0.939. The van der Waals surface area contributed by atoms with E-state index in [1.807, 2.05) is 6.07 Å². The minimum absolute atomic E-state index is 0.939. The molecule has 0 saturated heterocycles. The summed E-state index contributed by atoms with van der Waals surface area (Å²) >= 11 is 0. The minimum Gasteiger partial charge on any atom is -0.399 e. The lowest BCUT2D eigenvalue weighted by molar-refractivity contribution is 0.556. The molecule has 2 N–H and O–H groups in total. The highest BCUT2D eigenvalue weighted by atomic mass is 14.6. The molecule has 114 valence electrons. The highest BCUT2D eigenvalue weighted by molar-refractivity contribution is 5.49. The second-order valence-electron chi connectivity index (χ2n) is 6.06. The van der Waals surface area contributed by atoms with Gasteiger partial charge in [-0.15, -0.1) is 0 Å². The third-order valence-electron chi connectivity index (χ3n) is 4.29. The number of nitrogen functional groups attached to an aromatic ring is 1. The molecule has 0 saturated carbocycles. The monoisotopic (exact) mass is 275 g/mol. The molecule has 0 unspecified atom stereocenters. The third kappa shape index (κ3) is 6.98. The van der Waals surface area contributed by atoms with E-state index in [4.69, 9.17) is 5.73 Å². The molecule has 0 aliphatic carbocycles. The number of aryl methyl sites for hydroxylation is 1. The molecule has 0 amide bonds. The lowest BCUT2D eigenvalue weighted by Gasteiger charge is -2.08. The fraction of sp³-hybridized carbons (Fsp3) is 0.684. The normalized spacial score (nSPS) is 10.9. The van der Waals surface area contributed by atoms with E-state index < -0.39 is 0 Å². The van der Waals surface area contributed by atoms with Crippen LogP contribution in [-0.4, -0.2) is 0 Å². The Kier molecular flexibility index (Phi) is 9.19. The summed E-state index contributed by atoms with van der Waals surface area (Å²) in [5.74, 6) is 0. The molecule has 0 aromatic heterocycles. The second-order valence-corrected chi connectivity index (χ2v) is 6.06. The van der Waals surface area contributed by atoms with Crippen molar-refractivity contribution in [2.24, 2.45) is 0 Å². The van der Waals surface area contributed by atoms with Gasteiger partial charge in [-0.05, 0) is 37.0 Å². The molecular weight excluding hydrogens is 242 g/mol. The molecule has 1 nitrogen and oxygen atoms in total. The van der Waals surface area contributed by atoms with Crippen LogP contribution >= 0.6 is 0 Å². The first-order chi connectivity index (χ1) is 9.75. The van der Waals surface area contributed by atoms with Crippen molar-refractivity contribution in [1.82, 2.24) is 0 Å². The number of hydrogen-bond acceptors (Lipinski definition) is 1. The predicted molar refractivity (Wildman–Crippen MR) is 91.1 cm³/mol. The van der Waals surface area contributed by atoms with Crippen molar-refractivity contribution in [3.8, 4) is 0 Å². The van der Waals surface area contributed by atoms with Crippen LogP contribution in [0.1, 0.15) is 82.3 Å². The molecule has 0 spiro atoms. The number of unbranched alkanes of at least 4 members (excludes halogenated alkanes) is 9. The lowest BCUT2D eigenvalue weighted by Crippen LogP contribution is -1.95. The fourth-order valence-corrected chi connectivity index (χ4v) is 2.78. The quantitative estimate of drug-likeness (QED) is 0.386. The van der Waals surface area contributed by atoms with Crippen LogP contribution in [0.15, 0.2) is 18.2 Å². The Hall–Kier alpha value is -0.980. The molecule has 1 aromatic carbocycles. The van der Waals surface area contributed by atoms with E-state index >= 15 is 0 Å². The molecule has 1 rings (SSSR count). The number of anilines is 1. The van der Waals surface area contributed by atoms with Gasteiger partial charge >= 0.3 is 0 Å². The standard InChI is InChI=1S/C19H33N/c1-3-4-5-6-7-8-9-10-11-12-14-18-15-13-16-19(20)17(18)2/h13,15-16H,3-12,14,20H2,1-2H3. The first kappa shape index (κ1) is 17.1. The van der Waals surface area contributed by atoms with Gasteiger partial charge in [0.15, 0.2) is 0 Å². The van der Waals surface area contributed by atoms with Crippen molar-refractivity contribution < 1.29 is 0 Å². The van der Waals surface area contributed by atoms with Gasteiger partial charge in [-0.25, -0.2) is 0 Å². The summed E-state index contributed by atoms with van der Waals surface area (Å²) in [6.07, 6.45) is 15.2. The Balaban J connectivity index is 1.98. The summed E-state index contributed by atoms with van der Waals surface area (Å²) in [4.78, 5) is 0. The van der Waals surface area contributed by atoms with Crippen LogP contribution in [0.25, 0.3) is 0 Å². The zero-order chi connectivity index (χ0) is 14.6. The lowest BCUT2D eigenvalue weighted by atomic mass is 10.00. The van der Waals surface area contributed by atoms with Gasteiger partial charge in [0.05, 0.1) is 0 Å². The Morgan fingerprint density at radius 1 is 0.800 bits per heavy atom. The first-order valence-corrected chi connectivity index (χ1v) is 8.59. The van der Waals surface area contributed by atoms with Crippen LogP contribution in [0.5, 0.6) is 0 Å². The van der Waals surface area contributed by atoms with E-state index in [9.17, 15) is 0 Å².